The summed E-state index contributed by atoms with van der Waals surface area (Å²) in [6.45, 7) is 0. The van der Waals surface area contributed by atoms with Crippen LogP contribution in [0.25, 0.3) is 0 Å². The van der Waals surface area contributed by atoms with Gasteiger partial charge in [-0.25, -0.2) is 4.98 Å². The van der Waals surface area contributed by atoms with Gasteiger partial charge in [-0.15, -0.1) is 0 Å². The number of hydrogen-bond donors (Lipinski definition) is 1. The number of pyridine rings is 2. The summed E-state index contributed by atoms with van der Waals surface area (Å²) in [4.78, 5) is 34.2. The number of halogens is 2. The fourth-order valence-corrected chi connectivity index (χ4v) is 3.78. The number of carbonyl (C=O) groups excluding carboxylic acids is 2. The molecule has 0 aliphatic rings. The van der Waals surface area contributed by atoms with Crippen LogP contribution >= 0.6 is 23.2 Å². The first kappa shape index (κ1) is 26.1. The van der Waals surface area contributed by atoms with Crippen molar-refractivity contribution in [3.8, 4) is 0 Å². The first-order valence-corrected chi connectivity index (χ1v) is 11.5. The van der Waals surface area contributed by atoms with Crippen molar-refractivity contribution >= 4 is 40.7 Å². The van der Waals surface area contributed by atoms with Crippen molar-refractivity contribution in [1.82, 2.24) is 9.97 Å². The Balaban J connectivity index is 0.00000342. The molecule has 0 fully saturated rings. The Morgan fingerprint density at radius 3 is 2.29 bits per heavy atom. The maximum Gasteiger partial charge on any atom is 0.257 e. The van der Waals surface area contributed by atoms with Crippen molar-refractivity contribution in [2.75, 3.05) is 5.32 Å². The van der Waals surface area contributed by atoms with Crippen LogP contribution in [0.5, 0.6) is 0 Å². The number of aromatic nitrogens is 2. The summed E-state index contributed by atoms with van der Waals surface area (Å²) >= 11 is 12.0. The lowest BCUT2D eigenvalue weighted by Crippen LogP contribution is -2.17. The Labute approximate surface area is 215 Å². The maximum absolute atomic E-state index is 13.0. The third-order valence-corrected chi connectivity index (χ3v) is 5.77. The molecule has 0 saturated heterocycles. The molecular formula is C28H25Cl2N3O2. The molecule has 2 aromatic carbocycles. The predicted molar refractivity (Wildman–Crippen MR) is 142 cm³/mol. The summed E-state index contributed by atoms with van der Waals surface area (Å²) in [6.07, 6.45) is 4.97. The van der Waals surface area contributed by atoms with Gasteiger partial charge in [0.2, 0.25) is 0 Å². The van der Waals surface area contributed by atoms with Crippen molar-refractivity contribution < 1.29 is 9.59 Å². The van der Waals surface area contributed by atoms with E-state index in [1.807, 2.05) is 42.5 Å². The van der Waals surface area contributed by atoms with E-state index in [9.17, 15) is 9.59 Å². The quantitative estimate of drug-likeness (QED) is 0.265. The van der Waals surface area contributed by atoms with E-state index in [1.54, 1.807) is 36.5 Å². The van der Waals surface area contributed by atoms with Gasteiger partial charge in [0.15, 0.2) is 5.78 Å². The van der Waals surface area contributed by atoms with E-state index in [4.69, 9.17) is 23.2 Å². The van der Waals surface area contributed by atoms with E-state index < -0.39 is 5.91 Å². The van der Waals surface area contributed by atoms with Crippen LogP contribution in [0.1, 0.15) is 45.0 Å². The van der Waals surface area contributed by atoms with Crippen molar-refractivity contribution in [2.45, 2.75) is 26.7 Å². The lowest BCUT2D eigenvalue weighted by Gasteiger charge is -2.11. The Kier molecular flexibility index (Phi) is 9.12. The Morgan fingerprint density at radius 2 is 1.60 bits per heavy atom. The Bertz CT molecular complexity index is 1290. The average Bonchev–Trinajstić information content (AvgIpc) is 2.86. The fourth-order valence-electron chi connectivity index (χ4n) is 3.50. The molecule has 0 unspecified atom stereocenters. The molecule has 0 atom stereocenters. The highest BCUT2D eigenvalue weighted by atomic mass is 35.5. The van der Waals surface area contributed by atoms with Gasteiger partial charge in [0.05, 0.1) is 5.02 Å². The minimum Gasteiger partial charge on any atom is -0.307 e. The maximum atomic E-state index is 13.0. The van der Waals surface area contributed by atoms with E-state index in [0.717, 1.165) is 24.1 Å². The summed E-state index contributed by atoms with van der Waals surface area (Å²) in [5, 5.41) is 3.59. The van der Waals surface area contributed by atoms with Crippen LogP contribution in [0, 0.1) is 0 Å². The second-order valence-electron chi connectivity index (χ2n) is 7.74. The minimum absolute atomic E-state index is 0. The van der Waals surface area contributed by atoms with Crippen LogP contribution in [-0.4, -0.2) is 21.7 Å². The highest BCUT2D eigenvalue weighted by Gasteiger charge is 2.17. The lowest BCUT2D eigenvalue weighted by molar-refractivity contribution is 0.0992. The molecule has 178 valence electrons. The molecule has 2 heterocycles. The predicted octanol–water partition coefficient (Wildman–Crippen LogP) is 6.88. The zero-order valence-electron chi connectivity index (χ0n) is 18.2. The van der Waals surface area contributed by atoms with E-state index >= 15 is 0 Å². The zero-order valence-corrected chi connectivity index (χ0v) is 19.7. The van der Waals surface area contributed by atoms with Gasteiger partial charge in [-0.2, -0.15) is 0 Å². The van der Waals surface area contributed by atoms with E-state index in [-0.39, 0.29) is 19.6 Å². The number of rotatable bonds is 8. The van der Waals surface area contributed by atoms with Gasteiger partial charge >= 0.3 is 0 Å². The lowest BCUT2D eigenvalue weighted by atomic mass is 9.97. The van der Waals surface area contributed by atoms with Gasteiger partial charge in [0, 0.05) is 40.7 Å². The Hall–Kier alpha value is -3.54. The number of carbonyl (C=O) groups is 2. The molecule has 0 spiro atoms. The summed E-state index contributed by atoms with van der Waals surface area (Å²) in [7, 11) is 0. The zero-order chi connectivity index (χ0) is 23.9. The third-order valence-electron chi connectivity index (χ3n) is 5.31. The van der Waals surface area contributed by atoms with Crippen LogP contribution in [0.4, 0.5) is 5.82 Å². The first-order chi connectivity index (χ1) is 16.5. The van der Waals surface area contributed by atoms with Crippen LogP contribution in [0.15, 0.2) is 85.2 Å². The van der Waals surface area contributed by atoms with Crippen molar-refractivity contribution in [1.29, 1.82) is 0 Å². The number of amides is 1. The fraction of sp³-hybridized carbons (Fsp3) is 0.143. The van der Waals surface area contributed by atoms with E-state index in [2.05, 4.69) is 15.3 Å². The number of hydrogen-bond acceptors (Lipinski definition) is 4. The molecule has 0 aliphatic carbocycles. The van der Waals surface area contributed by atoms with Crippen molar-refractivity contribution in [3.05, 3.63) is 123 Å². The number of Topliss-reactive ketones (excluding diaryl/α,β-unsaturated/α-hetero) is 1. The third kappa shape index (κ3) is 7.22. The van der Waals surface area contributed by atoms with Crippen molar-refractivity contribution in [3.63, 3.8) is 0 Å². The van der Waals surface area contributed by atoms with Gasteiger partial charge in [-0.3, -0.25) is 14.6 Å². The summed E-state index contributed by atoms with van der Waals surface area (Å²) < 4.78 is 0. The standard InChI is InChI=1S/C27H21Cl2N3O2.CH4/c28-21-10-9-20(24(16-21)27(34)32-26-13-11-22(29)17-31-26)15-25(33)19-7-4-18(5-8-19)6-12-23-3-1-2-14-30-23;/h1-5,7-11,13-14,16-17H,6,12,15H2,(H,31,32,34);1H4. The van der Waals surface area contributed by atoms with Gasteiger partial charge < -0.3 is 5.32 Å². The topological polar surface area (TPSA) is 72.0 Å². The van der Waals surface area contributed by atoms with E-state index in [1.165, 1.54) is 6.20 Å². The van der Waals surface area contributed by atoms with Crippen LogP contribution < -0.4 is 5.32 Å². The highest BCUT2D eigenvalue weighted by Crippen LogP contribution is 2.20. The number of benzene rings is 2. The molecule has 1 N–H and O–H groups in total. The van der Waals surface area contributed by atoms with Crippen LogP contribution in [-0.2, 0) is 19.3 Å². The summed E-state index contributed by atoms with van der Waals surface area (Å²) in [5.41, 5.74) is 3.65. The molecule has 2 aromatic heterocycles. The first-order valence-electron chi connectivity index (χ1n) is 10.7. The number of nitrogens with one attached hydrogen (secondary N) is 1. The monoisotopic (exact) mass is 505 g/mol. The number of ketones is 1. The molecule has 0 saturated carbocycles. The largest absolute Gasteiger partial charge is 0.307 e. The summed E-state index contributed by atoms with van der Waals surface area (Å²) in [6, 6.07) is 21.6. The summed E-state index contributed by atoms with van der Waals surface area (Å²) in [5.74, 6) is -0.129. The normalized spacial score (nSPS) is 10.3. The molecule has 4 rings (SSSR count). The van der Waals surface area contributed by atoms with Crippen molar-refractivity contribution in [2.24, 2.45) is 0 Å². The second-order valence-corrected chi connectivity index (χ2v) is 8.61. The molecule has 7 heteroatoms. The molecule has 4 aromatic rings. The number of nitrogens with zero attached hydrogens (tertiary/aromatic N) is 2. The number of anilines is 1. The van der Waals surface area contributed by atoms with Gasteiger partial charge in [0.25, 0.3) is 5.91 Å². The molecule has 5 nitrogen and oxygen atoms in total. The molecular weight excluding hydrogens is 481 g/mol. The molecule has 0 bridgehead atoms. The van der Waals surface area contributed by atoms with Gasteiger partial charge in [-0.05, 0) is 60.4 Å². The Morgan fingerprint density at radius 1 is 0.829 bits per heavy atom. The minimum atomic E-state index is -0.398. The molecule has 1 amide bonds. The smallest absolute Gasteiger partial charge is 0.257 e. The number of aryl methyl sites for hydroxylation is 2. The van der Waals surface area contributed by atoms with E-state index in [0.29, 0.717) is 32.6 Å². The average molecular weight is 506 g/mol. The molecule has 0 aliphatic heterocycles. The highest BCUT2D eigenvalue weighted by molar-refractivity contribution is 6.31. The van der Waals surface area contributed by atoms with Gasteiger partial charge in [-0.1, -0.05) is 67.0 Å². The van der Waals surface area contributed by atoms with Crippen LogP contribution in [0.3, 0.4) is 0 Å². The second kappa shape index (κ2) is 12.2. The molecule has 35 heavy (non-hydrogen) atoms. The van der Waals surface area contributed by atoms with Crippen LogP contribution in [0.2, 0.25) is 10.0 Å². The SMILES string of the molecule is C.O=C(Cc1ccc(Cl)cc1C(=O)Nc1ccc(Cl)cn1)c1ccc(CCc2ccccn2)cc1. The molecule has 0 radical (unpaired) electrons. The van der Waals surface area contributed by atoms with Gasteiger partial charge in [0.1, 0.15) is 5.82 Å².